The molecule has 0 aromatic heterocycles. The average molecular weight is 420 g/mol. The molecule has 0 fully saturated rings. The molecule has 3 rings (SSSR count). The summed E-state index contributed by atoms with van der Waals surface area (Å²) in [5, 5.41) is 6.74. The fourth-order valence-electron chi connectivity index (χ4n) is 4.01. The number of carbonyl (C=O) groups is 2. The van der Waals surface area contributed by atoms with E-state index in [1.807, 2.05) is 70.2 Å². The number of fused-ring (bicyclic) bond motifs is 1. The molecule has 0 bridgehead atoms. The third-order valence-electron chi connectivity index (χ3n) is 5.39. The highest BCUT2D eigenvalue weighted by Gasteiger charge is 2.36. The van der Waals surface area contributed by atoms with Crippen molar-refractivity contribution in [1.29, 1.82) is 0 Å². The van der Waals surface area contributed by atoms with Gasteiger partial charge in [0, 0.05) is 22.1 Å². The molecular formula is C24H29N5O2. The van der Waals surface area contributed by atoms with E-state index in [4.69, 9.17) is 5.53 Å². The largest absolute Gasteiger partial charge is 0.350 e. The molecule has 0 saturated heterocycles. The SMILES string of the molecule is CCc1ccc2c(c1)N(CC(=O)NC(C)(C)C)C(=O)C(N=[N+]=[N-])CC2c1ccccc1. The van der Waals surface area contributed by atoms with Gasteiger partial charge in [0.15, 0.2) is 0 Å². The normalized spacial score (nSPS) is 18.6. The quantitative estimate of drug-likeness (QED) is 0.431. The van der Waals surface area contributed by atoms with Crippen LogP contribution in [-0.4, -0.2) is 29.9 Å². The molecule has 7 heteroatoms. The number of nitrogens with one attached hydrogen (secondary N) is 1. The lowest BCUT2D eigenvalue weighted by molar-refractivity contribution is -0.125. The van der Waals surface area contributed by atoms with Crippen molar-refractivity contribution in [2.24, 2.45) is 5.11 Å². The monoisotopic (exact) mass is 419 g/mol. The van der Waals surface area contributed by atoms with Crippen LogP contribution in [0.5, 0.6) is 0 Å². The van der Waals surface area contributed by atoms with Gasteiger partial charge in [0.25, 0.3) is 0 Å². The van der Waals surface area contributed by atoms with Crippen LogP contribution in [0.4, 0.5) is 5.69 Å². The van der Waals surface area contributed by atoms with Gasteiger partial charge >= 0.3 is 0 Å². The van der Waals surface area contributed by atoms with Crippen LogP contribution in [0.25, 0.3) is 10.4 Å². The molecule has 0 saturated carbocycles. The van der Waals surface area contributed by atoms with Crippen molar-refractivity contribution in [3.8, 4) is 0 Å². The Kier molecular flexibility index (Phi) is 6.66. The van der Waals surface area contributed by atoms with Crippen LogP contribution in [0.1, 0.15) is 56.7 Å². The first-order valence-corrected chi connectivity index (χ1v) is 10.6. The first-order chi connectivity index (χ1) is 14.7. The highest BCUT2D eigenvalue weighted by molar-refractivity contribution is 6.03. The number of azide groups is 1. The lowest BCUT2D eigenvalue weighted by atomic mass is 9.85. The van der Waals surface area contributed by atoms with E-state index in [1.165, 1.54) is 4.90 Å². The molecule has 1 aliphatic rings. The van der Waals surface area contributed by atoms with Crippen LogP contribution in [0.15, 0.2) is 53.6 Å². The van der Waals surface area contributed by atoms with Crippen LogP contribution in [0, 0.1) is 0 Å². The Hall–Kier alpha value is -3.31. The Morgan fingerprint density at radius 3 is 2.55 bits per heavy atom. The van der Waals surface area contributed by atoms with E-state index in [2.05, 4.69) is 21.4 Å². The highest BCUT2D eigenvalue weighted by atomic mass is 16.2. The molecule has 2 aromatic rings. The molecule has 2 amide bonds. The van der Waals surface area contributed by atoms with Crippen molar-refractivity contribution < 1.29 is 9.59 Å². The van der Waals surface area contributed by atoms with Crippen LogP contribution < -0.4 is 10.2 Å². The van der Waals surface area contributed by atoms with Crippen molar-refractivity contribution in [3.63, 3.8) is 0 Å². The number of benzene rings is 2. The lowest BCUT2D eigenvalue weighted by Gasteiger charge is -2.27. The first kappa shape index (κ1) is 22.4. The number of amides is 2. The maximum Gasteiger partial charge on any atom is 0.240 e. The smallest absolute Gasteiger partial charge is 0.240 e. The van der Waals surface area contributed by atoms with Gasteiger partial charge in [0.2, 0.25) is 11.8 Å². The zero-order valence-electron chi connectivity index (χ0n) is 18.5. The molecule has 1 N–H and O–H groups in total. The van der Waals surface area contributed by atoms with Crippen molar-refractivity contribution in [2.45, 2.75) is 58.0 Å². The molecule has 162 valence electrons. The van der Waals surface area contributed by atoms with Gasteiger partial charge in [0.05, 0.1) is 0 Å². The van der Waals surface area contributed by atoms with Gasteiger partial charge in [-0.15, -0.1) is 0 Å². The van der Waals surface area contributed by atoms with E-state index < -0.39 is 11.6 Å². The van der Waals surface area contributed by atoms with E-state index in [-0.39, 0.29) is 24.3 Å². The standard InChI is InChI=1S/C24H29N5O2/c1-5-16-11-12-18-19(17-9-7-6-8-10-17)14-20(27-28-25)23(31)29(21(18)13-16)15-22(30)26-24(2,3)4/h6-13,19-20H,5,14-15H2,1-4H3,(H,26,30). The average Bonchev–Trinajstić information content (AvgIpc) is 2.83. The summed E-state index contributed by atoms with van der Waals surface area (Å²) in [4.78, 5) is 30.6. The molecule has 0 aliphatic carbocycles. The number of rotatable bonds is 5. The zero-order chi connectivity index (χ0) is 22.6. The van der Waals surface area contributed by atoms with E-state index >= 15 is 0 Å². The summed E-state index contributed by atoms with van der Waals surface area (Å²) in [7, 11) is 0. The second-order valence-electron chi connectivity index (χ2n) is 8.89. The summed E-state index contributed by atoms with van der Waals surface area (Å²) < 4.78 is 0. The summed E-state index contributed by atoms with van der Waals surface area (Å²) in [6, 6.07) is 15.1. The van der Waals surface area contributed by atoms with Crippen molar-refractivity contribution >= 4 is 17.5 Å². The fraction of sp³-hybridized carbons (Fsp3) is 0.417. The Morgan fingerprint density at radius 2 is 1.94 bits per heavy atom. The Balaban J connectivity index is 2.14. The van der Waals surface area contributed by atoms with Crippen LogP contribution in [0.3, 0.4) is 0 Å². The van der Waals surface area contributed by atoms with E-state index in [0.29, 0.717) is 12.1 Å². The minimum Gasteiger partial charge on any atom is -0.350 e. The van der Waals surface area contributed by atoms with Crippen molar-refractivity contribution in [2.75, 3.05) is 11.4 Å². The molecule has 1 heterocycles. The first-order valence-electron chi connectivity index (χ1n) is 10.6. The maximum absolute atomic E-state index is 13.5. The van der Waals surface area contributed by atoms with Gasteiger partial charge < -0.3 is 10.2 Å². The molecule has 2 aromatic carbocycles. The molecule has 2 atom stereocenters. The predicted octanol–water partition coefficient (Wildman–Crippen LogP) is 4.71. The van der Waals surface area contributed by atoms with Gasteiger partial charge in [-0.3, -0.25) is 9.59 Å². The number of carbonyl (C=O) groups excluding carboxylic acids is 2. The second kappa shape index (κ2) is 9.23. The van der Waals surface area contributed by atoms with E-state index in [1.54, 1.807) is 0 Å². The fourth-order valence-corrected chi connectivity index (χ4v) is 4.01. The number of aryl methyl sites for hydroxylation is 1. The summed E-state index contributed by atoms with van der Waals surface area (Å²) >= 11 is 0. The minimum atomic E-state index is -0.893. The predicted molar refractivity (Wildman–Crippen MR) is 122 cm³/mol. The number of hydrogen-bond donors (Lipinski definition) is 1. The van der Waals surface area contributed by atoms with Gasteiger partial charge in [-0.25, -0.2) is 0 Å². The van der Waals surface area contributed by atoms with Gasteiger partial charge in [-0.05, 0) is 61.9 Å². The van der Waals surface area contributed by atoms with Crippen molar-refractivity contribution in [3.05, 3.63) is 75.7 Å². The van der Waals surface area contributed by atoms with Crippen LogP contribution >= 0.6 is 0 Å². The molecule has 1 aliphatic heterocycles. The molecule has 7 nitrogen and oxygen atoms in total. The highest BCUT2D eigenvalue weighted by Crippen LogP contribution is 2.40. The van der Waals surface area contributed by atoms with Crippen molar-refractivity contribution in [1.82, 2.24) is 5.32 Å². The molecule has 31 heavy (non-hydrogen) atoms. The number of nitrogens with zero attached hydrogens (tertiary/aromatic N) is 4. The van der Waals surface area contributed by atoms with Gasteiger partial charge in [-0.1, -0.05) is 54.5 Å². The summed E-state index contributed by atoms with van der Waals surface area (Å²) in [6.07, 6.45) is 1.15. The number of anilines is 1. The number of hydrogen-bond acceptors (Lipinski definition) is 3. The van der Waals surface area contributed by atoms with E-state index in [9.17, 15) is 9.59 Å². The topological polar surface area (TPSA) is 98.2 Å². The summed E-state index contributed by atoms with van der Waals surface area (Å²) in [6.45, 7) is 7.61. The van der Waals surface area contributed by atoms with Gasteiger partial charge in [0.1, 0.15) is 12.6 Å². The molecule has 0 radical (unpaired) electrons. The summed E-state index contributed by atoms with van der Waals surface area (Å²) in [5.41, 5.74) is 12.5. The molecular weight excluding hydrogens is 390 g/mol. The second-order valence-corrected chi connectivity index (χ2v) is 8.89. The Morgan fingerprint density at radius 1 is 1.23 bits per heavy atom. The third-order valence-corrected chi connectivity index (χ3v) is 5.39. The Bertz CT molecular complexity index is 1010. The molecule has 2 unspecified atom stereocenters. The Labute approximate surface area is 183 Å². The van der Waals surface area contributed by atoms with Crippen LogP contribution in [-0.2, 0) is 16.0 Å². The third kappa shape index (κ3) is 5.25. The summed E-state index contributed by atoms with van der Waals surface area (Å²) in [5.74, 6) is -0.737. The maximum atomic E-state index is 13.5. The van der Waals surface area contributed by atoms with Gasteiger partial charge in [-0.2, -0.15) is 0 Å². The zero-order valence-corrected chi connectivity index (χ0v) is 18.5. The lowest BCUT2D eigenvalue weighted by Crippen LogP contribution is -2.49. The van der Waals surface area contributed by atoms with E-state index in [0.717, 1.165) is 23.1 Å². The minimum absolute atomic E-state index is 0.128. The molecule has 0 spiro atoms. The van der Waals surface area contributed by atoms with Crippen LogP contribution in [0.2, 0.25) is 0 Å².